The van der Waals surface area contributed by atoms with Crippen molar-refractivity contribution in [3.05, 3.63) is 35.4 Å². The van der Waals surface area contributed by atoms with Crippen LogP contribution in [0.1, 0.15) is 44.9 Å². The first-order valence-corrected chi connectivity index (χ1v) is 7.31. The van der Waals surface area contributed by atoms with E-state index in [1.807, 2.05) is 18.7 Å². The molecule has 0 saturated carbocycles. The van der Waals surface area contributed by atoms with E-state index in [-0.39, 0.29) is 23.5 Å². The molecule has 1 amide bonds. The third-order valence-electron chi connectivity index (χ3n) is 3.93. The highest BCUT2D eigenvalue weighted by Crippen LogP contribution is 2.31. The number of benzene rings is 1. The number of ether oxygens (including phenoxy) is 1. The van der Waals surface area contributed by atoms with Gasteiger partial charge in [0.1, 0.15) is 6.10 Å². The zero-order chi connectivity index (χ0) is 14.9. The number of morpholine rings is 1. The van der Waals surface area contributed by atoms with Crippen LogP contribution in [0.25, 0.3) is 0 Å². The Balaban J connectivity index is 2.20. The van der Waals surface area contributed by atoms with Gasteiger partial charge in [0.25, 0.3) is 0 Å². The molecular weight excluding hydrogens is 250 g/mol. The van der Waals surface area contributed by atoms with Crippen LogP contribution in [0.5, 0.6) is 0 Å². The summed E-state index contributed by atoms with van der Waals surface area (Å²) in [5, 5.41) is 0. The maximum atomic E-state index is 12.4. The molecule has 0 N–H and O–H groups in total. The first kappa shape index (κ1) is 15.0. The highest BCUT2D eigenvalue weighted by Gasteiger charge is 2.39. The predicted molar refractivity (Wildman–Crippen MR) is 80.5 cm³/mol. The summed E-state index contributed by atoms with van der Waals surface area (Å²) in [4.78, 5) is 14.4. The Morgan fingerprint density at radius 2 is 1.90 bits per heavy atom. The van der Waals surface area contributed by atoms with Gasteiger partial charge in [0.05, 0.1) is 18.7 Å². The number of aryl methyl sites for hydroxylation is 1. The number of carbonyl (C=O) groups excluding carboxylic acids is 1. The second-order valence-electron chi connectivity index (χ2n) is 6.63. The maximum Gasteiger partial charge on any atom is 0.225 e. The number of hydrogen-bond acceptors (Lipinski definition) is 2. The molecule has 0 bridgehead atoms. The lowest BCUT2D eigenvalue weighted by Gasteiger charge is -2.46. The Labute approximate surface area is 121 Å². The van der Waals surface area contributed by atoms with E-state index in [1.165, 1.54) is 5.56 Å². The van der Waals surface area contributed by atoms with Crippen LogP contribution in [-0.4, -0.2) is 29.5 Å². The van der Waals surface area contributed by atoms with Gasteiger partial charge in [-0.05, 0) is 26.3 Å². The van der Waals surface area contributed by atoms with Crippen molar-refractivity contribution in [3.8, 4) is 0 Å². The fraction of sp³-hybridized carbons (Fsp3) is 0.588. The summed E-state index contributed by atoms with van der Waals surface area (Å²) in [5.74, 6) is 0.224. The molecule has 1 aromatic rings. The predicted octanol–water partition coefficient (Wildman–Crippen LogP) is 3.33. The van der Waals surface area contributed by atoms with Gasteiger partial charge < -0.3 is 9.64 Å². The van der Waals surface area contributed by atoms with Crippen molar-refractivity contribution in [3.63, 3.8) is 0 Å². The lowest BCUT2D eigenvalue weighted by molar-refractivity contribution is -0.158. The molecule has 0 spiro atoms. The summed E-state index contributed by atoms with van der Waals surface area (Å²) in [7, 11) is 0. The van der Waals surface area contributed by atoms with Crippen LogP contribution in [0.15, 0.2) is 24.3 Å². The van der Waals surface area contributed by atoms with Crippen LogP contribution in [0, 0.1) is 12.8 Å². The van der Waals surface area contributed by atoms with Crippen LogP contribution in [0.3, 0.4) is 0 Å². The van der Waals surface area contributed by atoms with Gasteiger partial charge in [-0.1, -0.05) is 43.7 Å². The molecular formula is C17H25NO2. The van der Waals surface area contributed by atoms with Crippen LogP contribution in [-0.2, 0) is 9.53 Å². The van der Waals surface area contributed by atoms with E-state index in [9.17, 15) is 4.79 Å². The maximum absolute atomic E-state index is 12.4. The normalized spacial score (nSPS) is 22.1. The fourth-order valence-corrected chi connectivity index (χ4v) is 2.53. The summed E-state index contributed by atoms with van der Waals surface area (Å²) in [6, 6.07) is 8.37. The van der Waals surface area contributed by atoms with E-state index in [4.69, 9.17) is 4.74 Å². The van der Waals surface area contributed by atoms with Crippen LogP contribution >= 0.6 is 0 Å². The lowest BCUT2D eigenvalue weighted by Crippen LogP contribution is -2.57. The minimum Gasteiger partial charge on any atom is -0.369 e. The molecule has 1 heterocycles. The van der Waals surface area contributed by atoms with Crippen molar-refractivity contribution >= 4 is 5.91 Å². The van der Waals surface area contributed by atoms with E-state index in [0.29, 0.717) is 13.2 Å². The lowest BCUT2D eigenvalue weighted by atomic mass is 9.96. The van der Waals surface area contributed by atoms with Crippen LogP contribution in [0.4, 0.5) is 0 Å². The standard InChI is InChI=1S/C17H25NO2/c1-12(2)16(19)18-10-15(20-11-17(18,4)5)14-8-6-13(3)7-9-14/h6-9,12,15H,10-11H2,1-5H3. The van der Waals surface area contributed by atoms with Crippen molar-refractivity contribution in [1.82, 2.24) is 4.90 Å². The van der Waals surface area contributed by atoms with Crippen LogP contribution < -0.4 is 0 Å². The second kappa shape index (κ2) is 5.57. The van der Waals surface area contributed by atoms with Gasteiger partial charge in [-0.2, -0.15) is 0 Å². The van der Waals surface area contributed by atoms with Gasteiger partial charge in [0.2, 0.25) is 5.91 Å². The molecule has 1 aliphatic rings. The van der Waals surface area contributed by atoms with E-state index in [1.54, 1.807) is 0 Å². The molecule has 0 aromatic heterocycles. The third-order valence-corrected chi connectivity index (χ3v) is 3.93. The van der Waals surface area contributed by atoms with Gasteiger partial charge in [0.15, 0.2) is 0 Å². The summed E-state index contributed by atoms with van der Waals surface area (Å²) < 4.78 is 5.99. The van der Waals surface area contributed by atoms with Gasteiger partial charge in [0, 0.05) is 5.92 Å². The van der Waals surface area contributed by atoms with E-state index >= 15 is 0 Å². The average Bonchev–Trinajstić information content (AvgIpc) is 2.39. The van der Waals surface area contributed by atoms with Crippen molar-refractivity contribution in [1.29, 1.82) is 0 Å². The minimum absolute atomic E-state index is 0.0195. The molecule has 1 unspecified atom stereocenters. The smallest absolute Gasteiger partial charge is 0.225 e. The number of carbonyl (C=O) groups is 1. The van der Waals surface area contributed by atoms with Gasteiger partial charge in [-0.25, -0.2) is 0 Å². The van der Waals surface area contributed by atoms with Crippen molar-refractivity contribution in [2.45, 2.75) is 46.3 Å². The zero-order valence-corrected chi connectivity index (χ0v) is 13.1. The summed E-state index contributed by atoms with van der Waals surface area (Å²) >= 11 is 0. The molecule has 1 atom stereocenters. The molecule has 1 saturated heterocycles. The second-order valence-corrected chi connectivity index (χ2v) is 6.63. The molecule has 3 nitrogen and oxygen atoms in total. The molecule has 1 fully saturated rings. The Kier molecular flexibility index (Phi) is 4.19. The Hall–Kier alpha value is -1.35. The Morgan fingerprint density at radius 3 is 2.45 bits per heavy atom. The van der Waals surface area contributed by atoms with Crippen molar-refractivity contribution < 1.29 is 9.53 Å². The summed E-state index contributed by atoms with van der Waals surface area (Å²) in [5.41, 5.74) is 2.15. The van der Waals surface area contributed by atoms with E-state index in [2.05, 4.69) is 45.0 Å². The molecule has 1 aromatic carbocycles. The topological polar surface area (TPSA) is 29.5 Å². The summed E-state index contributed by atoms with van der Waals surface area (Å²) in [6.45, 7) is 11.3. The van der Waals surface area contributed by atoms with Gasteiger partial charge >= 0.3 is 0 Å². The highest BCUT2D eigenvalue weighted by atomic mass is 16.5. The molecule has 1 aliphatic heterocycles. The molecule has 2 rings (SSSR count). The number of amides is 1. The monoisotopic (exact) mass is 275 g/mol. The first-order chi connectivity index (χ1) is 9.31. The quantitative estimate of drug-likeness (QED) is 0.828. The summed E-state index contributed by atoms with van der Waals surface area (Å²) in [6.07, 6.45) is -0.0219. The first-order valence-electron chi connectivity index (χ1n) is 7.31. The fourth-order valence-electron chi connectivity index (χ4n) is 2.53. The van der Waals surface area contributed by atoms with E-state index < -0.39 is 0 Å². The van der Waals surface area contributed by atoms with E-state index in [0.717, 1.165) is 5.56 Å². The van der Waals surface area contributed by atoms with Gasteiger partial charge in [-0.15, -0.1) is 0 Å². The Bertz CT molecular complexity index is 476. The van der Waals surface area contributed by atoms with Gasteiger partial charge in [-0.3, -0.25) is 4.79 Å². The molecule has 0 radical (unpaired) electrons. The van der Waals surface area contributed by atoms with Crippen molar-refractivity contribution in [2.24, 2.45) is 5.92 Å². The molecule has 3 heteroatoms. The largest absolute Gasteiger partial charge is 0.369 e. The average molecular weight is 275 g/mol. The third kappa shape index (κ3) is 3.04. The minimum atomic E-state index is -0.234. The highest BCUT2D eigenvalue weighted by molar-refractivity contribution is 5.79. The van der Waals surface area contributed by atoms with Crippen LogP contribution in [0.2, 0.25) is 0 Å². The number of hydrogen-bond donors (Lipinski definition) is 0. The molecule has 0 aliphatic carbocycles. The number of nitrogens with zero attached hydrogens (tertiary/aromatic N) is 1. The zero-order valence-electron chi connectivity index (χ0n) is 13.1. The number of rotatable bonds is 2. The molecule has 20 heavy (non-hydrogen) atoms. The SMILES string of the molecule is Cc1ccc(C2CN(C(=O)C(C)C)C(C)(C)CO2)cc1. The molecule has 110 valence electrons. The Morgan fingerprint density at radius 1 is 1.30 bits per heavy atom. The van der Waals surface area contributed by atoms with Crippen molar-refractivity contribution in [2.75, 3.05) is 13.2 Å².